The molecule has 5 nitrogen and oxygen atoms in total. The Morgan fingerprint density at radius 1 is 1.45 bits per heavy atom. The van der Waals surface area contributed by atoms with Crippen LogP contribution in [0.5, 0.6) is 0 Å². The summed E-state index contributed by atoms with van der Waals surface area (Å²) in [7, 11) is 0. The van der Waals surface area contributed by atoms with E-state index in [0.717, 1.165) is 57.1 Å². The van der Waals surface area contributed by atoms with Crippen LogP contribution in [-0.4, -0.2) is 41.9 Å². The van der Waals surface area contributed by atoms with Crippen LogP contribution >= 0.6 is 0 Å². The van der Waals surface area contributed by atoms with Crippen molar-refractivity contribution >= 4 is 0 Å². The van der Waals surface area contributed by atoms with Gasteiger partial charge in [-0.05, 0) is 26.3 Å². The van der Waals surface area contributed by atoms with Gasteiger partial charge in [0.25, 0.3) is 0 Å². The lowest BCUT2D eigenvalue weighted by Gasteiger charge is -2.37. The Hall–Kier alpha value is -0.910. The van der Waals surface area contributed by atoms with Crippen molar-refractivity contribution < 1.29 is 9.26 Å². The molecule has 2 heterocycles. The number of nitrogens with one attached hydrogen (secondary N) is 1. The number of morpholine rings is 1. The molecule has 5 heteroatoms. The van der Waals surface area contributed by atoms with Gasteiger partial charge in [-0.2, -0.15) is 0 Å². The van der Waals surface area contributed by atoms with Crippen molar-refractivity contribution in [2.75, 3.05) is 19.7 Å². The molecule has 0 aliphatic carbocycles. The van der Waals surface area contributed by atoms with Crippen molar-refractivity contribution in [1.29, 1.82) is 0 Å². The van der Waals surface area contributed by atoms with Crippen LogP contribution < -0.4 is 5.32 Å². The Morgan fingerprint density at radius 3 is 3.05 bits per heavy atom. The first-order valence-electron chi connectivity index (χ1n) is 7.73. The second kappa shape index (κ2) is 7.76. The first-order valence-corrected chi connectivity index (χ1v) is 7.73. The van der Waals surface area contributed by atoms with E-state index in [4.69, 9.17) is 9.26 Å². The Kier molecular flexibility index (Phi) is 6.01. The molecule has 0 aromatic carbocycles. The van der Waals surface area contributed by atoms with Crippen LogP contribution in [0.1, 0.15) is 45.1 Å². The summed E-state index contributed by atoms with van der Waals surface area (Å²) in [5.74, 6) is 0.950. The van der Waals surface area contributed by atoms with Crippen molar-refractivity contribution in [2.24, 2.45) is 0 Å². The monoisotopic (exact) mass is 281 g/mol. The SMILES string of the molecule is CCCNCc1cc(CN2CC(C)OCC2CC)on1. The average molecular weight is 281 g/mol. The van der Waals surface area contributed by atoms with Crippen LogP contribution in [0.2, 0.25) is 0 Å². The molecular weight excluding hydrogens is 254 g/mol. The molecule has 1 aliphatic rings. The fourth-order valence-corrected chi connectivity index (χ4v) is 2.59. The molecule has 0 saturated carbocycles. The van der Waals surface area contributed by atoms with Crippen LogP contribution in [0.3, 0.4) is 0 Å². The van der Waals surface area contributed by atoms with Gasteiger partial charge in [-0.15, -0.1) is 0 Å². The summed E-state index contributed by atoms with van der Waals surface area (Å²) in [5.41, 5.74) is 0.989. The van der Waals surface area contributed by atoms with Gasteiger partial charge in [0.05, 0.1) is 24.9 Å². The predicted octanol–water partition coefficient (Wildman–Crippen LogP) is 2.17. The Bertz CT molecular complexity index is 394. The molecule has 1 aromatic rings. The highest BCUT2D eigenvalue weighted by atomic mass is 16.5. The third-order valence-corrected chi connectivity index (χ3v) is 3.75. The lowest BCUT2D eigenvalue weighted by atomic mass is 10.1. The van der Waals surface area contributed by atoms with Crippen LogP contribution in [-0.2, 0) is 17.8 Å². The number of hydrogen-bond donors (Lipinski definition) is 1. The molecule has 2 rings (SSSR count). The topological polar surface area (TPSA) is 50.5 Å². The lowest BCUT2D eigenvalue weighted by Crippen LogP contribution is -2.47. The fraction of sp³-hybridized carbons (Fsp3) is 0.800. The summed E-state index contributed by atoms with van der Waals surface area (Å²) in [5, 5.41) is 7.47. The largest absolute Gasteiger partial charge is 0.376 e. The summed E-state index contributed by atoms with van der Waals surface area (Å²) in [6, 6.07) is 2.55. The molecule has 20 heavy (non-hydrogen) atoms. The quantitative estimate of drug-likeness (QED) is 0.776. The van der Waals surface area contributed by atoms with E-state index in [1.807, 2.05) is 0 Å². The average Bonchev–Trinajstić information content (AvgIpc) is 2.87. The highest BCUT2D eigenvalue weighted by Gasteiger charge is 2.26. The maximum atomic E-state index is 5.72. The van der Waals surface area contributed by atoms with Crippen molar-refractivity contribution in [3.8, 4) is 0 Å². The minimum Gasteiger partial charge on any atom is -0.376 e. The predicted molar refractivity (Wildman–Crippen MR) is 78.4 cm³/mol. The van der Waals surface area contributed by atoms with Gasteiger partial charge in [0.15, 0.2) is 5.76 Å². The lowest BCUT2D eigenvalue weighted by molar-refractivity contribution is -0.0615. The van der Waals surface area contributed by atoms with E-state index in [-0.39, 0.29) is 0 Å². The third-order valence-electron chi connectivity index (χ3n) is 3.75. The number of ether oxygens (including phenoxy) is 1. The van der Waals surface area contributed by atoms with E-state index in [1.165, 1.54) is 0 Å². The van der Waals surface area contributed by atoms with Gasteiger partial charge < -0.3 is 14.6 Å². The number of rotatable bonds is 7. The summed E-state index contributed by atoms with van der Waals surface area (Å²) in [6.45, 7) is 10.9. The van der Waals surface area contributed by atoms with Crippen molar-refractivity contribution in [1.82, 2.24) is 15.4 Å². The summed E-state index contributed by atoms with van der Waals surface area (Å²) < 4.78 is 11.2. The second-order valence-corrected chi connectivity index (χ2v) is 5.60. The van der Waals surface area contributed by atoms with Crippen molar-refractivity contribution in [3.05, 3.63) is 17.5 Å². The summed E-state index contributed by atoms with van der Waals surface area (Å²) in [4.78, 5) is 2.44. The Morgan fingerprint density at radius 2 is 2.30 bits per heavy atom. The zero-order valence-corrected chi connectivity index (χ0v) is 12.9. The van der Waals surface area contributed by atoms with E-state index < -0.39 is 0 Å². The molecule has 1 aliphatic heterocycles. The fourth-order valence-electron chi connectivity index (χ4n) is 2.59. The minimum atomic E-state index is 0.298. The number of hydrogen-bond acceptors (Lipinski definition) is 5. The molecule has 2 unspecified atom stereocenters. The number of nitrogens with zero attached hydrogens (tertiary/aromatic N) is 2. The molecule has 2 atom stereocenters. The van der Waals surface area contributed by atoms with E-state index in [9.17, 15) is 0 Å². The summed E-state index contributed by atoms with van der Waals surface area (Å²) >= 11 is 0. The van der Waals surface area contributed by atoms with E-state index in [1.54, 1.807) is 0 Å². The normalized spacial score (nSPS) is 24.1. The minimum absolute atomic E-state index is 0.298. The van der Waals surface area contributed by atoms with Gasteiger partial charge in [0.1, 0.15) is 0 Å². The second-order valence-electron chi connectivity index (χ2n) is 5.60. The van der Waals surface area contributed by atoms with Crippen LogP contribution in [0.25, 0.3) is 0 Å². The third kappa shape index (κ3) is 4.30. The van der Waals surface area contributed by atoms with Gasteiger partial charge in [-0.3, -0.25) is 4.90 Å². The molecule has 1 aromatic heterocycles. The van der Waals surface area contributed by atoms with Gasteiger partial charge in [-0.25, -0.2) is 0 Å². The zero-order valence-electron chi connectivity index (χ0n) is 12.9. The highest BCUT2D eigenvalue weighted by Crippen LogP contribution is 2.18. The maximum Gasteiger partial charge on any atom is 0.151 e. The molecule has 114 valence electrons. The highest BCUT2D eigenvalue weighted by molar-refractivity contribution is 5.05. The molecule has 1 saturated heterocycles. The van der Waals surface area contributed by atoms with Crippen LogP contribution in [0, 0.1) is 0 Å². The van der Waals surface area contributed by atoms with Gasteiger partial charge in [0, 0.05) is 25.2 Å². The van der Waals surface area contributed by atoms with Crippen molar-refractivity contribution in [2.45, 2.75) is 58.8 Å². The smallest absolute Gasteiger partial charge is 0.151 e. The van der Waals surface area contributed by atoms with Crippen molar-refractivity contribution in [3.63, 3.8) is 0 Å². The first-order chi connectivity index (χ1) is 9.72. The van der Waals surface area contributed by atoms with E-state index in [2.05, 4.69) is 42.2 Å². The first kappa shape index (κ1) is 15.5. The van der Waals surface area contributed by atoms with Crippen LogP contribution in [0.4, 0.5) is 0 Å². The molecule has 0 spiro atoms. The standard InChI is InChI=1S/C15H27N3O2/c1-4-6-16-8-13-7-15(20-17-13)10-18-9-12(3)19-11-14(18)5-2/h7,12,14,16H,4-6,8-11H2,1-3H3. The van der Waals surface area contributed by atoms with E-state index >= 15 is 0 Å². The Balaban J connectivity index is 1.88. The Labute approximate surface area is 121 Å². The van der Waals surface area contributed by atoms with Gasteiger partial charge in [0.2, 0.25) is 0 Å². The van der Waals surface area contributed by atoms with Crippen LogP contribution in [0.15, 0.2) is 10.6 Å². The number of aromatic nitrogens is 1. The molecule has 0 radical (unpaired) electrons. The zero-order chi connectivity index (χ0) is 14.4. The van der Waals surface area contributed by atoms with Gasteiger partial charge in [-0.1, -0.05) is 19.0 Å². The summed E-state index contributed by atoms with van der Waals surface area (Å²) in [6.07, 6.45) is 2.53. The van der Waals surface area contributed by atoms with E-state index in [0.29, 0.717) is 12.1 Å². The molecule has 1 N–H and O–H groups in total. The molecule has 0 bridgehead atoms. The maximum absolute atomic E-state index is 5.72. The molecule has 1 fully saturated rings. The van der Waals surface area contributed by atoms with Gasteiger partial charge >= 0.3 is 0 Å². The molecule has 0 amide bonds. The molecular formula is C15H27N3O2.